The van der Waals surface area contributed by atoms with Crippen LogP contribution in [0.1, 0.15) is 44.9 Å². The van der Waals surface area contributed by atoms with Crippen molar-refractivity contribution in [3.8, 4) is 0 Å². The first-order chi connectivity index (χ1) is 9.56. The Hall–Kier alpha value is -1.90. The predicted octanol–water partition coefficient (Wildman–Crippen LogP) is 3.18. The van der Waals surface area contributed by atoms with E-state index in [1.54, 1.807) is 0 Å². The first kappa shape index (κ1) is 13.1. The largest absolute Gasteiger partial charge is 0.292 e. The zero-order valence-corrected chi connectivity index (χ0v) is 12.4. The second kappa shape index (κ2) is 4.89. The molecule has 0 amide bonds. The molecule has 104 valence electrons. The number of fused-ring (bicyclic) bond motifs is 1. The average Bonchev–Trinajstić information content (AvgIpc) is 2.99. The fourth-order valence-electron chi connectivity index (χ4n) is 2.91. The summed E-state index contributed by atoms with van der Waals surface area (Å²) in [5, 5.41) is 4.44. The molecule has 1 aromatic carbocycles. The van der Waals surface area contributed by atoms with E-state index in [-0.39, 0.29) is 5.78 Å². The lowest BCUT2D eigenvalue weighted by molar-refractivity contribution is 0.0966. The molecule has 0 atom stereocenters. The summed E-state index contributed by atoms with van der Waals surface area (Å²) in [4.78, 5) is 12.4. The number of carbonyl (C=O) groups excluding carboxylic acids is 1. The molecule has 0 saturated carbocycles. The number of nitrogens with zero attached hydrogens (tertiary/aromatic N) is 2. The van der Waals surface area contributed by atoms with Crippen LogP contribution >= 0.6 is 0 Å². The third-order valence-electron chi connectivity index (χ3n) is 4.46. The lowest BCUT2D eigenvalue weighted by atomic mass is 10.0. The molecule has 1 aromatic heterocycles. The van der Waals surface area contributed by atoms with Crippen LogP contribution in [-0.4, -0.2) is 15.6 Å². The van der Waals surface area contributed by atoms with Crippen molar-refractivity contribution < 1.29 is 4.79 Å². The Morgan fingerprint density at radius 3 is 2.65 bits per heavy atom. The van der Waals surface area contributed by atoms with Crippen LogP contribution in [0.25, 0.3) is 0 Å². The van der Waals surface area contributed by atoms with Gasteiger partial charge in [-0.3, -0.25) is 9.48 Å². The molecule has 2 aromatic rings. The fraction of sp³-hybridized carbons (Fsp3) is 0.412. The molecule has 0 saturated heterocycles. The number of hydrogen-bond acceptors (Lipinski definition) is 2. The van der Waals surface area contributed by atoms with E-state index in [1.165, 1.54) is 23.1 Å². The van der Waals surface area contributed by atoms with Gasteiger partial charge in [-0.15, -0.1) is 0 Å². The van der Waals surface area contributed by atoms with Crippen molar-refractivity contribution in [3.63, 3.8) is 0 Å². The van der Waals surface area contributed by atoms with Gasteiger partial charge in [0, 0.05) is 11.3 Å². The first-order valence-electron chi connectivity index (χ1n) is 7.22. The molecular formula is C17H20N2O. The van der Waals surface area contributed by atoms with Crippen LogP contribution in [0.4, 0.5) is 0 Å². The number of ketones is 1. The Morgan fingerprint density at radius 1 is 1.20 bits per heavy atom. The van der Waals surface area contributed by atoms with Crippen molar-refractivity contribution in [1.29, 1.82) is 0 Å². The number of aromatic nitrogens is 2. The minimum atomic E-state index is 0.144. The SMILES string of the molecule is Cc1nn(CC(=O)c2ccc3c(c2)CCC3)c(C)c1C. The van der Waals surface area contributed by atoms with E-state index < -0.39 is 0 Å². The molecule has 1 aliphatic rings. The standard InChI is InChI=1S/C17H20N2O/c1-11-12(2)18-19(13(11)3)10-17(20)16-8-7-14-5-4-6-15(14)9-16/h7-9H,4-6,10H2,1-3H3. The summed E-state index contributed by atoms with van der Waals surface area (Å²) in [5.41, 5.74) is 6.83. The Labute approximate surface area is 119 Å². The minimum Gasteiger partial charge on any atom is -0.292 e. The Balaban J connectivity index is 1.84. The van der Waals surface area contributed by atoms with Gasteiger partial charge in [-0.25, -0.2) is 0 Å². The lowest BCUT2D eigenvalue weighted by Crippen LogP contribution is -2.13. The van der Waals surface area contributed by atoms with Gasteiger partial charge >= 0.3 is 0 Å². The summed E-state index contributed by atoms with van der Waals surface area (Å²) in [6.45, 7) is 6.39. The summed E-state index contributed by atoms with van der Waals surface area (Å²) in [5.74, 6) is 0.144. The summed E-state index contributed by atoms with van der Waals surface area (Å²) < 4.78 is 1.82. The van der Waals surface area contributed by atoms with E-state index in [2.05, 4.69) is 17.2 Å². The number of rotatable bonds is 3. The molecule has 1 heterocycles. The van der Waals surface area contributed by atoms with Gasteiger partial charge in [0.1, 0.15) is 6.54 Å². The highest BCUT2D eigenvalue weighted by molar-refractivity contribution is 5.96. The maximum absolute atomic E-state index is 12.4. The maximum atomic E-state index is 12.4. The maximum Gasteiger partial charge on any atom is 0.184 e. The number of carbonyl (C=O) groups is 1. The quantitative estimate of drug-likeness (QED) is 0.801. The molecule has 1 aliphatic carbocycles. The van der Waals surface area contributed by atoms with E-state index in [4.69, 9.17) is 0 Å². The topological polar surface area (TPSA) is 34.9 Å². The number of Topliss-reactive ketones (excluding diaryl/α,β-unsaturated/α-hetero) is 1. The second-order valence-electron chi connectivity index (χ2n) is 5.71. The van der Waals surface area contributed by atoms with E-state index in [0.29, 0.717) is 6.54 Å². The summed E-state index contributed by atoms with van der Waals surface area (Å²) in [6.07, 6.45) is 3.47. The second-order valence-corrected chi connectivity index (χ2v) is 5.71. The van der Waals surface area contributed by atoms with Crippen molar-refractivity contribution in [1.82, 2.24) is 9.78 Å². The molecule has 3 heteroatoms. The molecule has 3 rings (SSSR count). The Bertz CT molecular complexity index is 683. The van der Waals surface area contributed by atoms with Crippen molar-refractivity contribution in [2.45, 2.75) is 46.6 Å². The van der Waals surface area contributed by atoms with Gasteiger partial charge in [0.15, 0.2) is 5.78 Å². The minimum absolute atomic E-state index is 0.144. The third kappa shape index (κ3) is 2.17. The smallest absolute Gasteiger partial charge is 0.184 e. The van der Waals surface area contributed by atoms with E-state index >= 15 is 0 Å². The Kier molecular flexibility index (Phi) is 3.20. The normalized spacial score (nSPS) is 13.6. The average molecular weight is 268 g/mol. The van der Waals surface area contributed by atoms with Gasteiger partial charge in [-0.1, -0.05) is 12.1 Å². The molecule has 0 fully saturated rings. The van der Waals surface area contributed by atoms with Crippen molar-refractivity contribution in [2.24, 2.45) is 0 Å². The van der Waals surface area contributed by atoms with Crippen LogP contribution in [-0.2, 0) is 19.4 Å². The third-order valence-corrected chi connectivity index (χ3v) is 4.46. The number of benzene rings is 1. The number of aryl methyl sites for hydroxylation is 3. The van der Waals surface area contributed by atoms with Crippen LogP contribution in [0.15, 0.2) is 18.2 Å². The van der Waals surface area contributed by atoms with E-state index in [0.717, 1.165) is 29.8 Å². The number of hydrogen-bond donors (Lipinski definition) is 0. The van der Waals surface area contributed by atoms with Gasteiger partial charge in [-0.2, -0.15) is 5.10 Å². The van der Waals surface area contributed by atoms with Crippen LogP contribution in [0.3, 0.4) is 0 Å². The predicted molar refractivity (Wildman–Crippen MR) is 79.2 cm³/mol. The highest BCUT2D eigenvalue weighted by Crippen LogP contribution is 2.23. The summed E-state index contributed by atoms with van der Waals surface area (Å²) >= 11 is 0. The zero-order valence-electron chi connectivity index (χ0n) is 12.4. The molecule has 0 aliphatic heterocycles. The van der Waals surface area contributed by atoms with Crippen LogP contribution < -0.4 is 0 Å². The van der Waals surface area contributed by atoms with Gasteiger partial charge in [-0.05, 0) is 62.8 Å². The van der Waals surface area contributed by atoms with Crippen molar-refractivity contribution >= 4 is 5.78 Å². The zero-order chi connectivity index (χ0) is 14.3. The molecular weight excluding hydrogens is 248 g/mol. The van der Waals surface area contributed by atoms with Crippen LogP contribution in [0.5, 0.6) is 0 Å². The fourth-order valence-corrected chi connectivity index (χ4v) is 2.91. The highest BCUT2D eigenvalue weighted by atomic mass is 16.1. The monoisotopic (exact) mass is 268 g/mol. The van der Waals surface area contributed by atoms with Crippen LogP contribution in [0, 0.1) is 20.8 Å². The summed E-state index contributed by atoms with van der Waals surface area (Å²) in [6, 6.07) is 6.15. The molecule has 0 unspecified atom stereocenters. The van der Waals surface area contributed by atoms with Gasteiger partial charge < -0.3 is 0 Å². The van der Waals surface area contributed by atoms with Crippen LogP contribution in [0.2, 0.25) is 0 Å². The van der Waals surface area contributed by atoms with E-state index in [9.17, 15) is 4.79 Å². The molecule has 0 N–H and O–H groups in total. The first-order valence-corrected chi connectivity index (χ1v) is 7.22. The molecule has 3 nitrogen and oxygen atoms in total. The van der Waals surface area contributed by atoms with Gasteiger partial charge in [0.25, 0.3) is 0 Å². The molecule has 0 spiro atoms. The molecule has 0 radical (unpaired) electrons. The summed E-state index contributed by atoms with van der Waals surface area (Å²) in [7, 11) is 0. The molecule has 0 bridgehead atoms. The van der Waals surface area contributed by atoms with Gasteiger partial charge in [0.05, 0.1) is 5.69 Å². The van der Waals surface area contributed by atoms with Crippen molar-refractivity contribution in [3.05, 3.63) is 51.8 Å². The highest BCUT2D eigenvalue weighted by Gasteiger charge is 2.16. The van der Waals surface area contributed by atoms with E-state index in [1.807, 2.05) is 31.5 Å². The lowest BCUT2D eigenvalue weighted by Gasteiger charge is -2.06. The molecule has 20 heavy (non-hydrogen) atoms. The Morgan fingerprint density at radius 2 is 1.95 bits per heavy atom. The van der Waals surface area contributed by atoms with Gasteiger partial charge in [0.2, 0.25) is 0 Å². The van der Waals surface area contributed by atoms with Crippen molar-refractivity contribution in [2.75, 3.05) is 0 Å².